The molecular weight excluding hydrogens is 238 g/mol. The molecule has 5 nitrogen and oxygen atoms in total. The van der Waals surface area contributed by atoms with Gasteiger partial charge in [-0.2, -0.15) is 0 Å². The third-order valence-corrected chi connectivity index (χ3v) is 3.93. The Kier molecular flexibility index (Phi) is 3.48. The summed E-state index contributed by atoms with van der Waals surface area (Å²) >= 11 is 0. The van der Waals surface area contributed by atoms with Crippen molar-refractivity contribution in [3.63, 3.8) is 0 Å². The fraction of sp³-hybridized carbons (Fsp3) is 0.571. The fourth-order valence-electron chi connectivity index (χ4n) is 2.76. The van der Waals surface area contributed by atoms with Gasteiger partial charge >= 0.3 is 0 Å². The Hall–Kier alpha value is -1.46. The van der Waals surface area contributed by atoms with E-state index in [1.165, 1.54) is 25.9 Å². The number of aromatic nitrogens is 3. The average Bonchev–Trinajstić information content (AvgIpc) is 2.85. The van der Waals surface area contributed by atoms with Gasteiger partial charge in [0, 0.05) is 12.2 Å². The molecule has 1 N–H and O–H groups in total. The van der Waals surface area contributed by atoms with Gasteiger partial charge < -0.3 is 10.2 Å². The Bertz CT molecular complexity index is 542. The van der Waals surface area contributed by atoms with Gasteiger partial charge in [0.2, 0.25) is 0 Å². The monoisotopic (exact) mass is 259 g/mol. The summed E-state index contributed by atoms with van der Waals surface area (Å²) in [5.74, 6) is 0.995. The van der Waals surface area contributed by atoms with Crippen molar-refractivity contribution in [1.82, 2.24) is 24.8 Å². The predicted molar refractivity (Wildman–Crippen MR) is 75.1 cm³/mol. The summed E-state index contributed by atoms with van der Waals surface area (Å²) in [6.45, 7) is 4.51. The molecule has 0 saturated carbocycles. The van der Waals surface area contributed by atoms with Crippen molar-refractivity contribution in [1.29, 1.82) is 0 Å². The van der Waals surface area contributed by atoms with Crippen molar-refractivity contribution < 1.29 is 0 Å². The summed E-state index contributed by atoms with van der Waals surface area (Å²) in [5.41, 5.74) is 0.912. The van der Waals surface area contributed by atoms with Crippen LogP contribution >= 0.6 is 0 Å². The second-order valence-corrected chi connectivity index (χ2v) is 5.45. The van der Waals surface area contributed by atoms with Gasteiger partial charge in [-0.15, -0.1) is 10.2 Å². The minimum atomic E-state index is 0.228. The number of nitrogens with zero attached hydrogens (tertiary/aromatic N) is 4. The Morgan fingerprint density at radius 2 is 2.05 bits per heavy atom. The maximum Gasteiger partial charge on any atom is 0.160 e. The largest absolute Gasteiger partial charge is 0.306 e. The third-order valence-electron chi connectivity index (χ3n) is 3.93. The summed E-state index contributed by atoms with van der Waals surface area (Å²) in [4.78, 5) is 2.38. The van der Waals surface area contributed by atoms with Crippen LogP contribution in [0.5, 0.6) is 0 Å². The van der Waals surface area contributed by atoms with E-state index >= 15 is 0 Å². The molecule has 1 saturated heterocycles. The summed E-state index contributed by atoms with van der Waals surface area (Å²) in [6.07, 6.45) is 4.44. The van der Waals surface area contributed by atoms with Crippen molar-refractivity contribution in [3.05, 3.63) is 30.2 Å². The second kappa shape index (κ2) is 5.27. The molecule has 5 heteroatoms. The van der Waals surface area contributed by atoms with Crippen LogP contribution in [0.4, 0.5) is 0 Å². The van der Waals surface area contributed by atoms with E-state index < -0.39 is 0 Å². The van der Waals surface area contributed by atoms with Crippen molar-refractivity contribution in [3.8, 4) is 0 Å². The number of rotatable bonds is 3. The molecule has 1 atom stereocenters. The predicted octanol–water partition coefficient (Wildman–Crippen LogP) is 1.47. The van der Waals surface area contributed by atoms with Gasteiger partial charge in [0.25, 0.3) is 0 Å². The summed E-state index contributed by atoms with van der Waals surface area (Å²) in [6, 6.07) is 6.80. The lowest BCUT2D eigenvalue weighted by Gasteiger charge is -2.31. The molecule has 0 spiro atoms. The molecule has 102 valence electrons. The first-order valence-corrected chi connectivity index (χ1v) is 6.98. The molecule has 0 bridgehead atoms. The zero-order valence-corrected chi connectivity index (χ0v) is 11.6. The summed E-state index contributed by atoms with van der Waals surface area (Å²) < 4.78 is 2.06. The van der Waals surface area contributed by atoms with E-state index in [4.69, 9.17) is 0 Å². The van der Waals surface area contributed by atoms with Gasteiger partial charge in [0.1, 0.15) is 0 Å². The molecule has 1 fully saturated rings. The number of pyridine rings is 1. The van der Waals surface area contributed by atoms with E-state index in [2.05, 4.69) is 38.8 Å². The van der Waals surface area contributed by atoms with Gasteiger partial charge in [-0.25, -0.2) is 0 Å². The van der Waals surface area contributed by atoms with E-state index in [-0.39, 0.29) is 6.04 Å². The Labute approximate surface area is 113 Å². The SMILES string of the molecule is CC(NC1CCN(C)CC1)c1nnc2ccccn12. The molecule has 3 heterocycles. The topological polar surface area (TPSA) is 45.5 Å². The van der Waals surface area contributed by atoms with E-state index in [1.54, 1.807) is 0 Å². The summed E-state index contributed by atoms with van der Waals surface area (Å²) in [7, 11) is 2.19. The zero-order valence-electron chi connectivity index (χ0n) is 11.6. The van der Waals surface area contributed by atoms with Gasteiger partial charge in [-0.1, -0.05) is 6.07 Å². The van der Waals surface area contributed by atoms with Crippen molar-refractivity contribution >= 4 is 5.65 Å². The molecule has 0 radical (unpaired) electrons. The van der Waals surface area contributed by atoms with Crippen LogP contribution in [0.15, 0.2) is 24.4 Å². The van der Waals surface area contributed by atoms with Gasteiger partial charge in [0.15, 0.2) is 11.5 Å². The number of hydrogen-bond donors (Lipinski definition) is 1. The van der Waals surface area contributed by atoms with Crippen LogP contribution in [0.3, 0.4) is 0 Å². The normalized spacial score (nSPS) is 19.9. The highest BCUT2D eigenvalue weighted by molar-refractivity contribution is 5.37. The highest BCUT2D eigenvalue weighted by Gasteiger charge is 2.21. The molecule has 2 aromatic heterocycles. The molecule has 0 aliphatic carbocycles. The van der Waals surface area contributed by atoms with Crippen LogP contribution in [0.2, 0.25) is 0 Å². The lowest BCUT2D eigenvalue weighted by Crippen LogP contribution is -2.42. The van der Waals surface area contributed by atoms with E-state index in [1.807, 2.05) is 24.4 Å². The number of nitrogens with one attached hydrogen (secondary N) is 1. The molecular formula is C14H21N5. The van der Waals surface area contributed by atoms with Gasteiger partial charge in [-0.05, 0) is 52.0 Å². The van der Waals surface area contributed by atoms with Crippen LogP contribution < -0.4 is 5.32 Å². The lowest BCUT2D eigenvalue weighted by atomic mass is 10.0. The number of fused-ring (bicyclic) bond motifs is 1. The fourth-order valence-corrected chi connectivity index (χ4v) is 2.76. The quantitative estimate of drug-likeness (QED) is 0.907. The van der Waals surface area contributed by atoms with Crippen molar-refractivity contribution in [2.45, 2.75) is 31.8 Å². The number of likely N-dealkylation sites (tertiary alicyclic amines) is 1. The Morgan fingerprint density at radius 3 is 2.84 bits per heavy atom. The highest BCUT2D eigenvalue weighted by atomic mass is 15.3. The third kappa shape index (κ3) is 2.62. The Balaban J connectivity index is 1.71. The van der Waals surface area contributed by atoms with Crippen LogP contribution in [-0.2, 0) is 0 Å². The van der Waals surface area contributed by atoms with Crippen molar-refractivity contribution in [2.75, 3.05) is 20.1 Å². The first kappa shape index (κ1) is 12.6. The maximum atomic E-state index is 4.32. The first-order valence-electron chi connectivity index (χ1n) is 6.98. The number of piperidine rings is 1. The van der Waals surface area contributed by atoms with Gasteiger partial charge in [-0.3, -0.25) is 4.40 Å². The molecule has 1 unspecified atom stereocenters. The minimum absolute atomic E-state index is 0.228. The van der Waals surface area contributed by atoms with Crippen molar-refractivity contribution in [2.24, 2.45) is 0 Å². The molecule has 1 aliphatic heterocycles. The standard InChI is InChI=1S/C14H21N5/c1-11(15-12-6-9-18(2)10-7-12)14-17-16-13-5-3-4-8-19(13)14/h3-5,8,11-12,15H,6-7,9-10H2,1-2H3. The van der Waals surface area contributed by atoms with E-state index in [9.17, 15) is 0 Å². The molecule has 0 aromatic carbocycles. The minimum Gasteiger partial charge on any atom is -0.306 e. The summed E-state index contributed by atoms with van der Waals surface area (Å²) in [5, 5.41) is 12.2. The van der Waals surface area contributed by atoms with Crippen LogP contribution in [0, 0.1) is 0 Å². The van der Waals surface area contributed by atoms with E-state index in [0.717, 1.165) is 11.5 Å². The molecule has 2 aromatic rings. The second-order valence-electron chi connectivity index (χ2n) is 5.45. The molecule has 1 aliphatic rings. The smallest absolute Gasteiger partial charge is 0.160 e. The lowest BCUT2D eigenvalue weighted by molar-refractivity contribution is 0.225. The zero-order chi connectivity index (χ0) is 13.2. The molecule has 19 heavy (non-hydrogen) atoms. The Morgan fingerprint density at radius 1 is 1.26 bits per heavy atom. The number of hydrogen-bond acceptors (Lipinski definition) is 4. The van der Waals surface area contributed by atoms with Crippen LogP contribution in [0.1, 0.15) is 31.6 Å². The maximum absolute atomic E-state index is 4.32. The van der Waals surface area contributed by atoms with Crippen LogP contribution in [0.25, 0.3) is 5.65 Å². The highest BCUT2D eigenvalue weighted by Crippen LogP contribution is 2.16. The first-order chi connectivity index (χ1) is 9.24. The average molecular weight is 259 g/mol. The van der Waals surface area contributed by atoms with E-state index in [0.29, 0.717) is 6.04 Å². The van der Waals surface area contributed by atoms with Gasteiger partial charge in [0.05, 0.1) is 6.04 Å². The molecule has 0 amide bonds. The molecule has 3 rings (SSSR count). The van der Waals surface area contributed by atoms with Crippen LogP contribution in [-0.4, -0.2) is 45.7 Å².